The second-order valence-electron chi connectivity index (χ2n) is 8.03. The van der Waals surface area contributed by atoms with Crippen molar-refractivity contribution in [2.45, 2.75) is 26.2 Å². The summed E-state index contributed by atoms with van der Waals surface area (Å²) in [7, 11) is 1.75. The standard InChI is InChI=1S/C25H28N4O4/c1-3-32-21-12-10-19(11-13-21)24(30)28(2)17-14-22-26-23(33-27-22)18-6-8-20(9-7-18)25(31)29-15-4-5-16-29/h6-13H,3-5,14-17H2,1-2H3. The molecular weight excluding hydrogens is 420 g/mol. The topological polar surface area (TPSA) is 88.8 Å². The average Bonchev–Trinajstić information content (AvgIpc) is 3.55. The van der Waals surface area contributed by atoms with Gasteiger partial charge in [-0.1, -0.05) is 5.16 Å². The maximum atomic E-state index is 12.6. The molecule has 3 aromatic rings. The van der Waals surface area contributed by atoms with Gasteiger partial charge in [0.1, 0.15) is 5.75 Å². The Kier molecular flexibility index (Phi) is 7.02. The lowest BCUT2D eigenvalue weighted by atomic mass is 10.1. The second-order valence-corrected chi connectivity index (χ2v) is 8.03. The van der Waals surface area contributed by atoms with Crippen LogP contribution in [0.15, 0.2) is 53.1 Å². The van der Waals surface area contributed by atoms with Gasteiger partial charge < -0.3 is 19.1 Å². The number of hydrogen-bond donors (Lipinski definition) is 0. The van der Waals surface area contributed by atoms with E-state index in [-0.39, 0.29) is 11.8 Å². The third kappa shape index (κ3) is 5.39. The Hall–Kier alpha value is -3.68. The van der Waals surface area contributed by atoms with Crippen molar-refractivity contribution in [3.63, 3.8) is 0 Å². The molecule has 33 heavy (non-hydrogen) atoms. The first-order valence-corrected chi connectivity index (χ1v) is 11.3. The van der Waals surface area contributed by atoms with Gasteiger partial charge in [-0.2, -0.15) is 4.98 Å². The number of aromatic nitrogens is 2. The summed E-state index contributed by atoms with van der Waals surface area (Å²) in [5.74, 6) is 1.63. The summed E-state index contributed by atoms with van der Waals surface area (Å²) < 4.78 is 10.8. The molecule has 0 unspecified atom stereocenters. The summed E-state index contributed by atoms with van der Waals surface area (Å²) in [5, 5.41) is 4.03. The predicted molar refractivity (Wildman–Crippen MR) is 123 cm³/mol. The van der Waals surface area contributed by atoms with Gasteiger partial charge in [-0.15, -0.1) is 0 Å². The molecular formula is C25H28N4O4. The number of nitrogens with zero attached hydrogens (tertiary/aromatic N) is 4. The molecule has 0 atom stereocenters. The Bertz CT molecular complexity index is 1090. The first kappa shape index (κ1) is 22.5. The number of ether oxygens (including phenoxy) is 1. The lowest BCUT2D eigenvalue weighted by Crippen LogP contribution is -2.29. The van der Waals surface area contributed by atoms with Crippen molar-refractivity contribution in [3.05, 3.63) is 65.5 Å². The van der Waals surface area contributed by atoms with Gasteiger partial charge in [-0.25, -0.2) is 0 Å². The van der Waals surface area contributed by atoms with Gasteiger partial charge in [0, 0.05) is 49.8 Å². The summed E-state index contributed by atoms with van der Waals surface area (Å²) in [6.45, 7) is 4.60. The van der Waals surface area contributed by atoms with Crippen LogP contribution in [0.3, 0.4) is 0 Å². The van der Waals surface area contributed by atoms with Crippen LogP contribution in [0.1, 0.15) is 46.3 Å². The van der Waals surface area contributed by atoms with E-state index < -0.39 is 0 Å². The van der Waals surface area contributed by atoms with E-state index in [0.717, 1.165) is 37.2 Å². The zero-order chi connectivity index (χ0) is 23.2. The molecule has 172 valence electrons. The largest absolute Gasteiger partial charge is 0.494 e. The lowest BCUT2D eigenvalue weighted by Gasteiger charge is -2.16. The van der Waals surface area contributed by atoms with Crippen LogP contribution in [-0.4, -0.2) is 65.0 Å². The highest BCUT2D eigenvalue weighted by molar-refractivity contribution is 5.95. The van der Waals surface area contributed by atoms with Crippen molar-refractivity contribution >= 4 is 11.8 Å². The summed E-state index contributed by atoms with van der Waals surface area (Å²) in [4.78, 5) is 33.1. The predicted octanol–water partition coefficient (Wildman–Crippen LogP) is 3.69. The number of amides is 2. The third-order valence-corrected chi connectivity index (χ3v) is 5.67. The number of likely N-dealkylation sites (N-methyl/N-ethyl adjacent to an activating group) is 1. The molecule has 8 nitrogen and oxygen atoms in total. The van der Waals surface area contributed by atoms with E-state index in [0.29, 0.717) is 42.4 Å². The molecule has 0 spiro atoms. The van der Waals surface area contributed by atoms with Crippen LogP contribution in [0, 0.1) is 0 Å². The smallest absolute Gasteiger partial charge is 0.257 e. The summed E-state index contributed by atoms with van der Waals surface area (Å²) >= 11 is 0. The Balaban J connectivity index is 1.32. The molecule has 0 aliphatic carbocycles. The fourth-order valence-corrected chi connectivity index (χ4v) is 3.78. The summed E-state index contributed by atoms with van der Waals surface area (Å²) in [6, 6.07) is 14.3. The van der Waals surface area contributed by atoms with Gasteiger partial charge in [-0.05, 0) is 68.3 Å². The van der Waals surface area contributed by atoms with E-state index in [9.17, 15) is 9.59 Å². The molecule has 1 aliphatic heterocycles. The zero-order valence-electron chi connectivity index (χ0n) is 19.0. The minimum atomic E-state index is -0.0833. The van der Waals surface area contributed by atoms with Crippen LogP contribution in [-0.2, 0) is 6.42 Å². The van der Waals surface area contributed by atoms with Gasteiger partial charge in [-0.3, -0.25) is 9.59 Å². The SMILES string of the molecule is CCOc1ccc(C(=O)N(C)CCc2noc(-c3ccc(C(=O)N4CCCC4)cc3)n2)cc1. The summed E-state index contributed by atoms with van der Waals surface area (Å²) in [6.07, 6.45) is 2.60. The molecule has 0 bridgehead atoms. The van der Waals surface area contributed by atoms with Crippen molar-refractivity contribution in [2.75, 3.05) is 33.3 Å². The molecule has 2 aromatic carbocycles. The Morgan fingerprint density at radius 3 is 2.36 bits per heavy atom. The molecule has 0 saturated carbocycles. The first-order chi connectivity index (χ1) is 16.0. The van der Waals surface area contributed by atoms with E-state index in [1.165, 1.54) is 0 Å². The first-order valence-electron chi connectivity index (χ1n) is 11.3. The van der Waals surface area contributed by atoms with Crippen LogP contribution < -0.4 is 4.74 Å². The van der Waals surface area contributed by atoms with Crippen LogP contribution in [0.25, 0.3) is 11.5 Å². The van der Waals surface area contributed by atoms with E-state index in [2.05, 4.69) is 10.1 Å². The van der Waals surface area contributed by atoms with Gasteiger partial charge >= 0.3 is 0 Å². The number of hydrogen-bond acceptors (Lipinski definition) is 6. The number of carbonyl (C=O) groups excluding carboxylic acids is 2. The number of benzene rings is 2. The number of carbonyl (C=O) groups is 2. The molecule has 2 heterocycles. The van der Waals surface area contributed by atoms with Gasteiger partial charge in [0.2, 0.25) is 0 Å². The normalized spacial score (nSPS) is 13.2. The number of rotatable bonds is 8. The number of likely N-dealkylation sites (tertiary alicyclic amines) is 1. The molecule has 4 rings (SSSR count). The quantitative estimate of drug-likeness (QED) is 0.522. The Labute approximate surface area is 193 Å². The highest BCUT2D eigenvalue weighted by Crippen LogP contribution is 2.20. The molecule has 1 aliphatic rings. The maximum Gasteiger partial charge on any atom is 0.257 e. The minimum Gasteiger partial charge on any atom is -0.494 e. The van der Waals surface area contributed by atoms with Gasteiger partial charge in [0.05, 0.1) is 6.61 Å². The van der Waals surface area contributed by atoms with Crippen molar-refractivity contribution in [2.24, 2.45) is 0 Å². The van der Waals surface area contributed by atoms with Crippen molar-refractivity contribution in [1.29, 1.82) is 0 Å². The van der Waals surface area contributed by atoms with E-state index in [1.807, 2.05) is 24.0 Å². The van der Waals surface area contributed by atoms with Crippen LogP contribution in [0.2, 0.25) is 0 Å². The lowest BCUT2D eigenvalue weighted by molar-refractivity contribution is 0.0786. The van der Waals surface area contributed by atoms with Crippen LogP contribution in [0.4, 0.5) is 0 Å². The van der Waals surface area contributed by atoms with Crippen molar-refractivity contribution in [1.82, 2.24) is 19.9 Å². The van der Waals surface area contributed by atoms with E-state index >= 15 is 0 Å². The maximum absolute atomic E-state index is 12.6. The van der Waals surface area contributed by atoms with Gasteiger partial charge in [0.25, 0.3) is 17.7 Å². The molecule has 1 fully saturated rings. The van der Waals surface area contributed by atoms with Gasteiger partial charge in [0.15, 0.2) is 5.82 Å². The van der Waals surface area contributed by atoms with Crippen LogP contribution in [0.5, 0.6) is 5.75 Å². The minimum absolute atomic E-state index is 0.0606. The average molecular weight is 449 g/mol. The molecule has 0 N–H and O–H groups in total. The zero-order valence-corrected chi connectivity index (χ0v) is 19.0. The fraction of sp³-hybridized carbons (Fsp3) is 0.360. The summed E-state index contributed by atoms with van der Waals surface area (Å²) in [5.41, 5.74) is 2.01. The molecule has 1 saturated heterocycles. The molecule has 1 aromatic heterocycles. The van der Waals surface area contributed by atoms with Crippen LogP contribution >= 0.6 is 0 Å². The Morgan fingerprint density at radius 2 is 1.70 bits per heavy atom. The second kappa shape index (κ2) is 10.3. The molecule has 8 heteroatoms. The fourth-order valence-electron chi connectivity index (χ4n) is 3.78. The monoisotopic (exact) mass is 448 g/mol. The third-order valence-electron chi connectivity index (χ3n) is 5.67. The highest BCUT2D eigenvalue weighted by Gasteiger charge is 2.20. The Morgan fingerprint density at radius 1 is 1.03 bits per heavy atom. The molecule has 0 radical (unpaired) electrons. The van der Waals surface area contributed by atoms with E-state index in [4.69, 9.17) is 9.26 Å². The highest BCUT2D eigenvalue weighted by atomic mass is 16.5. The van der Waals surface area contributed by atoms with E-state index in [1.54, 1.807) is 48.3 Å². The van der Waals surface area contributed by atoms with Crippen molar-refractivity contribution < 1.29 is 18.8 Å². The van der Waals surface area contributed by atoms with Crippen molar-refractivity contribution in [3.8, 4) is 17.2 Å². The molecule has 2 amide bonds.